The highest BCUT2D eigenvalue weighted by atomic mass is 16.4. The van der Waals surface area contributed by atoms with Gasteiger partial charge in [0, 0.05) is 19.0 Å². The Hall–Kier alpha value is -1.92. The number of aliphatic carboxylic acids is 1. The quantitative estimate of drug-likeness (QED) is 0.868. The summed E-state index contributed by atoms with van der Waals surface area (Å²) in [7, 11) is 0. The molecule has 2 N–H and O–H groups in total. The molecule has 20 heavy (non-hydrogen) atoms. The lowest BCUT2D eigenvalue weighted by atomic mass is 9.80. The molecule has 1 aliphatic rings. The molecular formula is C13H20N4O3. The first-order chi connectivity index (χ1) is 9.33. The summed E-state index contributed by atoms with van der Waals surface area (Å²) in [4.78, 5) is 29.2. The number of nitrogens with zero attached hydrogens (tertiary/aromatic N) is 3. The number of hydrogen-bond donors (Lipinski definition) is 2. The number of piperidine rings is 1. The fourth-order valence-corrected chi connectivity index (χ4v) is 2.19. The zero-order chi connectivity index (χ0) is 14.9. The fraction of sp³-hybridized carbons (Fsp3) is 0.692. The van der Waals surface area contributed by atoms with Crippen molar-refractivity contribution in [3.8, 4) is 0 Å². The first-order valence-corrected chi connectivity index (χ1v) is 6.78. The average molecular weight is 280 g/mol. The van der Waals surface area contributed by atoms with Gasteiger partial charge in [0.25, 0.3) is 5.91 Å². The van der Waals surface area contributed by atoms with Crippen LogP contribution in [0.25, 0.3) is 0 Å². The smallest absolute Gasteiger partial charge is 0.309 e. The van der Waals surface area contributed by atoms with E-state index in [4.69, 9.17) is 0 Å². The standard InChI is InChI=1S/C13H20N4O3/c1-8(2)9-14-10(16-15-9)11(18)17-6-4-13(3,5-7-17)12(19)20/h8H,4-7H2,1-3H3,(H,19,20)(H,14,15,16). The van der Waals surface area contributed by atoms with Gasteiger partial charge in [0.1, 0.15) is 5.82 Å². The van der Waals surface area contributed by atoms with Crippen LogP contribution in [0.3, 0.4) is 0 Å². The second kappa shape index (κ2) is 5.22. The normalized spacial score (nSPS) is 18.3. The number of aromatic nitrogens is 3. The molecule has 0 radical (unpaired) electrons. The molecule has 1 saturated heterocycles. The van der Waals surface area contributed by atoms with E-state index in [0.29, 0.717) is 31.8 Å². The van der Waals surface area contributed by atoms with E-state index in [-0.39, 0.29) is 17.6 Å². The Morgan fingerprint density at radius 1 is 1.35 bits per heavy atom. The van der Waals surface area contributed by atoms with E-state index in [1.54, 1.807) is 11.8 Å². The predicted octanol–water partition coefficient (Wildman–Crippen LogP) is 1.26. The lowest BCUT2D eigenvalue weighted by Crippen LogP contribution is -2.45. The monoisotopic (exact) mass is 280 g/mol. The number of nitrogens with one attached hydrogen (secondary N) is 1. The molecule has 1 aromatic heterocycles. The van der Waals surface area contributed by atoms with E-state index in [1.165, 1.54) is 0 Å². The van der Waals surface area contributed by atoms with Crippen molar-refractivity contribution in [1.29, 1.82) is 0 Å². The molecule has 0 aliphatic carbocycles. The average Bonchev–Trinajstić information content (AvgIpc) is 2.88. The molecule has 0 bridgehead atoms. The minimum Gasteiger partial charge on any atom is -0.481 e. The number of aromatic amines is 1. The summed E-state index contributed by atoms with van der Waals surface area (Å²) in [6.45, 7) is 6.50. The molecule has 1 aromatic rings. The maximum atomic E-state index is 12.3. The van der Waals surface area contributed by atoms with E-state index < -0.39 is 11.4 Å². The van der Waals surface area contributed by atoms with E-state index in [0.717, 1.165) is 0 Å². The highest BCUT2D eigenvalue weighted by Crippen LogP contribution is 2.31. The Morgan fingerprint density at radius 3 is 2.40 bits per heavy atom. The van der Waals surface area contributed by atoms with Crippen LogP contribution in [-0.2, 0) is 4.79 Å². The van der Waals surface area contributed by atoms with Crippen LogP contribution in [0.2, 0.25) is 0 Å². The second-order valence-corrected chi connectivity index (χ2v) is 5.86. The third-order valence-electron chi connectivity index (χ3n) is 3.91. The van der Waals surface area contributed by atoms with Gasteiger partial charge in [0.05, 0.1) is 5.41 Å². The molecule has 7 nitrogen and oxygen atoms in total. The molecule has 2 rings (SSSR count). The summed E-state index contributed by atoms with van der Waals surface area (Å²) in [5, 5.41) is 15.9. The van der Waals surface area contributed by atoms with Crippen molar-refractivity contribution in [2.75, 3.05) is 13.1 Å². The van der Waals surface area contributed by atoms with Gasteiger partial charge < -0.3 is 10.0 Å². The lowest BCUT2D eigenvalue weighted by molar-refractivity contribution is -0.150. The maximum Gasteiger partial charge on any atom is 0.309 e. The number of carboxylic acids is 1. The largest absolute Gasteiger partial charge is 0.481 e. The zero-order valence-electron chi connectivity index (χ0n) is 12.0. The first kappa shape index (κ1) is 14.5. The minimum absolute atomic E-state index is 0.160. The molecule has 7 heteroatoms. The summed E-state index contributed by atoms with van der Waals surface area (Å²) in [5.74, 6) is -0.0146. The third-order valence-corrected chi connectivity index (χ3v) is 3.91. The van der Waals surface area contributed by atoms with Crippen LogP contribution >= 0.6 is 0 Å². The van der Waals surface area contributed by atoms with Crippen LogP contribution in [-0.4, -0.2) is 50.2 Å². The van der Waals surface area contributed by atoms with Crippen LogP contribution < -0.4 is 0 Å². The number of rotatable bonds is 3. The highest BCUT2D eigenvalue weighted by Gasteiger charge is 2.38. The molecule has 0 atom stereocenters. The van der Waals surface area contributed by atoms with Crippen molar-refractivity contribution in [2.45, 2.75) is 39.5 Å². The van der Waals surface area contributed by atoms with Crippen LogP contribution in [0.4, 0.5) is 0 Å². The molecule has 110 valence electrons. The van der Waals surface area contributed by atoms with Crippen LogP contribution in [0, 0.1) is 5.41 Å². The summed E-state index contributed by atoms with van der Waals surface area (Å²) in [6.07, 6.45) is 0.908. The summed E-state index contributed by atoms with van der Waals surface area (Å²) < 4.78 is 0. The number of carbonyl (C=O) groups excluding carboxylic acids is 1. The van der Waals surface area contributed by atoms with Gasteiger partial charge in [-0.15, -0.1) is 5.10 Å². The lowest BCUT2D eigenvalue weighted by Gasteiger charge is -2.35. The Morgan fingerprint density at radius 2 is 1.95 bits per heavy atom. The Labute approximate surface area is 117 Å². The first-order valence-electron chi connectivity index (χ1n) is 6.78. The number of amides is 1. The fourth-order valence-electron chi connectivity index (χ4n) is 2.19. The van der Waals surface area contributed by atoms with Crippen LogP contribution in [0.15, 0.2) is 0 Å². The number of hydrogen-bond acceptors (Lipinski definition) is 4. The van der Waals surface area contributed by atoms with Crippen molar-refractivity contribution >= 4 is 11.9 Å². The number of carbonyl (C=O) groups is 2. The van der Waals surface area contributed by atoms with Crippen LogP contribution in [0.1, 0.15) is 56.0 Å². The summed E-state index contributed by atoms with van der Waals surface area (Å²) in [5.41, 5.74) is -0.737. The molecule has 0 unspecified atom stereocenters. The van der Waals surface area contributed by atoms with E-state index in [9.17, 15) is 14.7 Å². The van der Waals surface area contributed by atoms with Gasteiger partial charge in [0.2, 0.25) is 5.82 Å². The van der Waals surface area contributed by atoms with Crippen LogP contribution in [0.5, 0.6) is 0 Å². The number of H-pyrrole nitrogens is 1. The van der Waals surface area contributed by atoms with Gasteiger partial charge in [-0.2, -0.15) is 0 Å². The van der Waals surface area contributed by atoms with Gasteiger partial charge in [-0.3, -0.25) is 14.7 Å². The molecule has 0 spiro atoms. The topological polar surface area (TPSA) is 99.2 Å². The second-order valence-electron chi connectivity index (χ2n) is 5.86. The molecule has 1 aliphatic heterocycles. The third kappa shape index (κ3) is 2.66. The van der Waals surface area contributed by atoms with E-state index in [1.807, 2.05) is 13.8 Å². The van der Waals surface area contributed by atoms with E-state index >= 15 is 0 Å². The zero-order valence-corrected chi connectivity index (χ0v) is 12.0. The molecule has 1 amide bonds. The van der Waals surface area contributed by atoms with Gasteiger partial charge >= 0.3 is 5.97 Å². The summed E-state index contributed by atoms with van der Waals surface area (Å²) >= 11 is 0. The number of carboxylic acid groups (broad SMARTS) is 1. The van der Waals surface area contributed by atoms with Gasteiger partial charge in [-0.1, -0.05) is 13.8 Å². The summed E-state index contributed by atoms with van der Waals surface area (Å²) in [6, 6.07) is 0. The highest BCUT2D eigenvalue weighted by molar-refractivity contribution is 5.90. The Bertz CT molecular complexity index is 515. The number of likely N-dealkylation sites (tertiary alicyclic amines) is 1. The van der Waals surface area contributed by atoms with Gasteiger partial charge in [-0.05, 0) is 19.8 Å². The molecule has 0 saturated carbocycles. The predicted molar refractivity (Wildman–Crippen MR) is 71.4 cm³/mol. The maximum absolute atomic E-state index is 12.3. The van der Waals surface area contributed by atoms with Crippen molar-refractivity contribution < 1.29 is 14.7 Å². The minimum atomic E-state index is -0.801. The Kier molecular flexibility index (Phi) is 3.78. The van der Waals surface area contributed by atoms with E-state index in [2.05, 4.69) is 15.2 Å². The van der Waals surface area contributed by atoms with Gasteiger partial charge in [-0.25, -0.2) is 4.98 Å². The van der Waals surface area contributed by atoms with Crippen molar-refractivity contribution in [3.05, 3.63) is 11.6 Å². The van der Waals surface area contributed by atoms with Gasteiger partial charge in [0.15, 0.2) is 0 Å². The molecule has 2 heterocycles. The molecule has 1 fully saturated rings. The molecular weight excluding hydrogens is 260 g/mol. The van der Waals surface area contributed by atoms with Crippen molar-refractivity contribution in [2.24, 2.45) is 5.41 Å². The van der Waals surface area contributed by atoms with Crippen molar-refractivity contribution in [3.63, 3.8) is 0 Å². The Balaban J connectivity index is 2.03. The SMILES string of the molecule is CC(C)c1nc(C(=O)N2CCC(C)(C(=O)O)CC2)n[nH]1. The molecule has 0 aromatic carbocycles. The van der Waals surface area contributed by atoms with Crippen molar-refractivity contribution in [1.82, 2.24) is 20.1 Å².